The predicted octanol–water partition coefficient (Wildman–Crippen LogP) is 2.51. The average molecular weight is 252 g/mol. The molecule has 1 saturated carbocycles. The van der Waals surface area contributed by atoms with Crippen molar-refractivity contribution >= 4 is 0 Å². The van der Waals surface area contributed by atoms with Crippen LogP contribution in [-0.4, -0.2) is 42.9 Å². The molecule has 3 rings (SSSR count). The van der Waals surface area contributed by atoms with Crippen LogP contribution in [0.4, 0.5) is 0 Å². The zero-order valence-corrected chi connectivity index (χ0v) is 11.8. The molecule has 1 unspecified atom stereocenters. The number of nitrogens with zero attached hydrogens (tertiary/aromatic N) is 1. The van der Waals surface area contributed by atoms with Crippen molar-refractivity contribution in [1.29, 1.82) is 0 Å². The Hall–Kier alpha value is -0.120. The van der Waals surface area contributed by atoms with Crippen LogP contribution in [0.5, 0.6) is 0 Å². The molecular weight excluding hydrogens is 224 g/mol. The van der Waals surface area contributed by atoms with Gasteiger partial charge in [0.25, 0.3) is 0 Å². The maximum Gasteiger partial charge on any atom is 0.120 e. The first-order chi connectivity index (χ1) is 8.72. The summed E-state index contributed by atoms with van der Waals surface area (Å²) in [6, 6.07) is 0. The zero-order valence-electron chi connectivity index (χ0n) is 11.8. The molecule has 2 heterocycles. The van der Waals surface area contributed by atoms with Gasteiger partial charge in [0.05, 0.1) is 6.61 Å². The second kappa shape index (κ2) is 5.10. The van der Waals surface area contributed by atoms with E-state index in [-0.39, 0.29) is 5.72 Å². The molecule has 0 aromatic carbocycles. The Kier molecular flexibility index (Phi) is 3.65. The van der Waals surface area contributed by atoms with Crippen LogP contribution in [0.15, 0.2) is 0 Å². The molecule has 2 spiro atoms. The molecule has 18 heavy (non-hydrogen) atoms. The molecule has 2 saturated heterocycles. The van der Waals surface area contributed by atoms with Crippen LogP contribution >= 0.6 is 0 Å². The van der Waals surface area contributed by atoms with E-state index in [0.29, 0.717) is 5.54 Å². The van der Waals surface area contributed by atoms with Crippen LogP contribution in [-0.2, 0) is 4.74 Å². The number of rotatable bonds is 0. The molecule has 1 aliphatic carbocycles. The van der Waals surface area contributed by atoms with Crippen LogP contribution in [0.1, 0.15) is 57.8 Å². The minimum atomic E-state index is 0.000347. The topological polar surface area (TPSA) is 24.5 Å². The Morgan fingerprint density at radius 3 is 2.56 bits per heavy atom. The molecule has 3 heteroatoms. The maximum atomic E-state index is 6.22. The standard InChI is InChI=1S/C15H28N2O/c1-17-11-5-8-15(9-12-17)16-14(10-13-18-15)6-3-2-4-7-14/h16H,2-13H2,1H3. The fraction of sp³-hybridized carbons (Fsp3) is 1.00. The minimum Gasteiger partial charge on any atom is -0.361 e. The van der Waals surface area contributed by atoms with E-state index >= 15 is 0 Å². The first kappa shape index (κ1) is 12.9. The van der Waals surface area contributed by atoms with Crippen molar-refractivity contribution in [3.8, 4) is 0 Å². The number of nitrogens with one attached hydrogen (secondary N) is 1. The van der Waals surface area contributed by atoms with Crippen molar-refractivity contribution in [2.75, 3.05) is 26.7 Å². The predicted molar refractivity (Wildman–Crippen MR) is 73.6 cm³/mol. The molecule has 0 radical (unpaired) electrons. The molecule has 0 aromatic heterocycles. The van der Waals surface area contributed by atoms with Gasteiger partial charge in [0, 0.05) is 18.5 Å². The molecular formula is C15H28N2O. The third kappa shape index (κ3) is 2.59. The van der Waals surface area contributed by atoms with E-state index < -0.39 is 0 Å². The molecule has 2 aliphatic heterocycles. The summed E-state index contributed by atoms with van der Waals surface area (Å²) in [6.07, 6.45) is 11.8. The Labute approximate surface area is 111 Å². The Morgan fingerprint density at radius 1 is 0.889 bits per heavy atom. The van der Waals surface area contributed by atoms with Gasteiger partial charge in [-0.05, 0) is 45.7 Å². The van der Waals surface area contributed by atoms with Gasteiger partial charge in [-0.25, -0.2) is 0 Å². The van der Waals surface area contributed by atoms with Crippen molar-refractivity contribution in [2.45, 2.75) is 69.1 Å². The van der Waals surface area contributed by atoms with Crippen molar-refractivity contribution in [2.24, 2.45) is 0 Å². The van der Waals surface area contributed by atoms with E-state index in [1.54, 1.807) is 0 Å². The Bertz CT molecular complexity index is 283. The third-order valence-corrected chi connectivity index (χ3v) is 5.28. The second-order valence-corrected chi connectivity index (χ2v) is 6.72. The molecule has 3 aliphatic rings. The van der Waals surface area contributed by atoms with Gasteiger partial charge < -0.3 is 9.64 Å². The highest BCUT2D eigenvalue weighted by atomic mass is 16.5. The van der Waals surface area contributed by atoms with Crippen LogP contribution in [0.25, 0.3) is 0 Å². The summed E-state index contributed by atoms with van der Waals surface area (Å²) in [5, 5.41) is 4.00. The van der Waals surface area contributed by atoms with Crippen molar-refractivity contribution in [1.82, 2.24) is 10.2 Å². The molecule has 104 valence electrons. The molecule has 0 aromatic rings. The van der Waals surface area contributed by atoms with Crippen molar-refractivity contribution < 1.29 is 4.74 Å². The molecule has 0 bridgehead atoms. The van der Waals surface area contributed by atoms with Crippen LogP contribution in [0.3, 0.4) is 0 Å². The monoisotopic (exact) mass is 252 g/mol. The molecule has 3 nitrogen and oxygen atoms in total. The third-order valence-electron chi connectivity index (χ3n) is 5.28. The van der Waals surface area contributed by atoms with Crippen LogP contribution in [0.2, 0.25) is 0 Å². The fourth-order valence-electron chi connectivity index (χ4n) is 4.14. The van der Waals surface area contributed by atoms with Crippen molar-refractivity contribution in [3.05, 3.63) is 0 Å². The highest BCUT2D eigenvalue weighted by Crippen LogP contribution is 2.39. The van der Waals surface area contributed by atoms with E-state index in [0.717, 1.165) is 13.0 Å². The number of likely N-dealkylation sites (tertiary alicyclic amines) is 1. The summed E-state index contributed by atoms with van der Waals surface area (Å²) < 4.78 is 6.22. The second-order valence-electron chi connectivity index (χ2n) is 6.72. The van der Waals surface area contributed by atoms with E-state index in [2.05, 4.69) is 17.3 Å². The quantitative estimate of drug-likeness (QED) is 0.717. The van der Waals surface area contributed by atoms with Gasteiger partial charge in [-0.1, -0.05) is 19.3 Å². The normalized spacial score (nSPS) is 37.8. The SMILES string of the molecule is CN1CCCC2(CC1)NC1(CCCCC1)CCO2. The summed E-state index contributed by atoms with van der Waals surface area (Å²) in [4.78, 5) is 2.45. The molecule has 1 N–H and O–H groups in total. The maximum absolute atomic E-state index is 6.22. The Balaban J connectivity index is 1.71. The number of hydrogen-bond acceptors (Lipinski definition) is 3. The van der Waals surface area contributed by atoms with Gasteiger partial charge in [0.15, 0.2) is 0 Å². The smallest absolute Gasteiger partial charge is 0.120 e. The summed E-state index contributed by atoms with van der Waals surface area (Å²) in [5.74, 6) is 0. The largest absolute Gasteiger partial charge is 0.361 e. The summed E-state index contributed by atoms with van der Waals surface area (Å²) in [7, 11) is 2.23. The van der Waals surface area contributed by atoms with E-state index in [1.165, 1.54) is 64.5 Å². The van der Waals surface area contributed by atoms with Crippen molar-refractivity contribution in [3.63, 3.8) is 0 Å². The average Bonchev–Trinajstić information content (AvgIpc) is 2.53. The number of ether oxygens (including phenoxy) is 1. The fourth-order valence-corrected chi connectivity index (χ4v) is 4.14. The summed E-state index contributed by atoms with van der Waals surface area (Å²) in [6.45, 7) is 3.36. The highest BCUT2D eigenvalue weighted by molar-refractivity contribution is 5.00. The zero-order chi connectivity index (χ0) is 12.5. The van der Waals surface area contributed by atoms with Gasteiger partial charge in [-0.15, -0.1) is 0 Å². The van der Waals surface area contributed by atoms with Gasteiger partial charge in [-0.2, -0.15) is 0 Å². The molecule has 1 atom stereocenters. The lowest BCUT2D eigenvalue weighted by molar-refractivity contribution is -0.145. The molecule has 3 fully saturated rings. The van der Waals surface area contributed by atoms with Gasteiger partial charge in [0.2, 0.25) is 0 Å². The first-order valence-corrected chi connectivity index (χ1v) is 7.84. The lowest BCUT2D eigenvalue weighted by Gasteiger charge is -2.51. The lowest BCUT2D eigenvalue weighted by Crippen LogP contribution is -2.64. The van der Waals surface area contributed by atoms with Gasteiger partial charge in [-0.3, -0.25) is 5.32 Å². The van der Waals surface area contributed by atoms with E-state index in [1.807, 2.05) is 0 Å². The summed E-state index contributed by atoms with van der Waals surface area (Å²) in [5.41, 5.74) is 0.416. The van der Waals surface area contributed by atoms with Crippen LogP contribution < -0.4 is 5.32 Å². The highest BCUT2D eigenvalue weighted by Gasteiger charge is 2.45. The van der Waals surface area contributed by atoms with E-state index in [4.69, 9.17) is 4.74 Å². The minimum absolute atomic E-state index is 0.000347. The van der Waals surface area contributed by atoms with Crippen LogP contribution in [0, 0.1) is 0 Å². The number of hydrogen-bond donors (Lipinski definition) is 1. The molecule has 0 amide bonds. The Morgan fingerprint density at radius 2 is 1.72 bits per heavy atom. The lowest BCUT2D eigenvalue weighted by atomic mass is 9.77. The van der Waals surface area contributed by atoms with E-state index in [9.17, 15) is 0 Å². The summed E-state index contributed by atoms with van der Waals surface area (Å²) >= 11 is 0. The van der Waals surface area contributed by atoms with Gasteiger partial charge in [0.1, 0.15) is 5.72 Å². The van der Waals surface area contributed by atoms with Gasteiger partial charge >= 0.3 is 0 Å². The first-order valence-electron chi connectivity index (χ1n) is 7.84.